The Morgan fingerprint density at radius 3 is 2.56 bits per heavy atom. The minimum atomic E-state index is 0.0543. The van der Waals surface area contributed by atoms with Crippen LogP contribution in [0.25, 0.3) is 0 Å². The molecule has 5 nitrogen and oxygen atoms in total. The van der Waals surface area contributed by atoms with Crippen LogP contribution in [0, 0.1) is 13.8 Å². The zero-order chi connectivity index (χ0) is 13.7. The van der Waals surface area contributed by atoms with Crippen LogP contribution in [0.4, 0.5) is 0 Å². The van der Waals surface area contributed by atoms with E-state index in [1.54, 1.807) is 0 Å². The molecule has 0 saturated heterocycles. The second-order valence-corrected chi connectivity index (χ2v) is 4.83. The predicted octanol–water partition coefficient (Wildman–Crippen LogP) is 1.64. The number of hydrogen-bond acceptors (Lipinski definition) is 4. The van der Waals surface area contributed by atoms with Gasteiger partial charge in [-0.2, -0.15) is 0 Å². The Balaban J connectivity index is 2.60. The molecule has 18 heavy (non-hydrogen) atoms. The van der Waals surface area contributed by atoms with Crippen molar-refractivity contribution in [3.63, 3.8) is 0 Å². The Morgan fingerprint density at radius 1 is 1.44 bits per heavy atom. The van der Waals surface area contributed by atoms with Crippen LogP contribution in [-0.2, 0) is 11.3 Å². The second kappa shape index (κ2) is 6.54. The molecule has 1 aromatic rings. The molecule has 1 heterocycles. The molecule has 0 spiro atoms. The fraction of sp³-hybridized carbons (Fsp3) is 0.692. The molecule has 1 amide bonds. The first-order valence-electron chi connectivity index (χ1n) is 6.37. The molecule has 0 atom stereocenters. The van der Waals surface area contributed by atoms with Crippen LogP contribution in [0.15, 0.2) is 4.52 Å². The van der Waals surface area contributed by atoms with Crippen molar-refractivity contribution in [2.24, 2.45) is 0 Å². The molecular formula is C13H23N3O2. The van der Waals surface area contributed by atoms with Crippen molar-refractivity contribution in [2.45, 2.75) is 47.2 Å². The standard InChI is InChI=1S/C13H23N3O2/c1-6-16(8-13(17)14-9(2)3)7-12-10(4)15-18-11(12)5/h9H,6-8H2,1-5H3,(H,14,17). The Bertz CT molecular complexity index is 379. The van der Waals surface area contributed by atoms with E-state index in [1.165, 1.54) is 0 Å². The molecule has 0 saturated carbocycles. The zero-order valence-electron chi connectivity index (χ0n) is 11.9. The van der Waals surface area contributed by atoms with Gasteiger partial charge in [0.2, 0.25) is 5.91 Å². The second-order valence-electron chi connectivity index (χ2n) is 4.83. The quantitative estimate of drug-likeness (QED) is 0.837. The van der Waals surface area contributed by atoms with Crippen molar-refractivity contribution < 1.29 is 9.32 Å². The molecule has 102 valence electrons. The average Bonchev–Trinajstić information content (AvgIpc) is 2.58. The SMILES string of the molecule is CCN(CC(=O)NC(C)C)Cc1c(C)noc1C. The van der Waals surface area contributed by atoms with E-state index in [1.807, 2.05) is 34.6 Å². The lowest BCUT2D eigenvalue weighted by Gasteiger charge is -2.20. The summed E-state index contributed by atoms with van der Waals surface area (Å²) in [6, 6.07) is 0.176. The third-order valence-electron chi connectivity index (χ3n) is 2.83. The molecular weight excluding hydrogens is 230 g/mol. The number of aryl methyl sites for hydroxylation is 2. The molecule has 0 unspecified atom stereocenters. The van der Waals surface area contributed by atoms with E-state index in [4.69, 9.17) is 4.52 Å². The molecule has 0 fully saturated rings. The average molecular weight is 253 g/mol. The lowest BCUT2D eigenvalue weighted by molar-refractivity contribution is -0.122. The predicted molar refractivity (Wildman–Crippen MR) is 70.2 cm³/mol. The molecule has 0 radical (unpaired) electrons. The summed E-state index contributed by atoms with van der Waals surface area (Å²) in [5.41, 5.74) is 1.98. The summed E-state index contributed by atoms with van der Waals surface area (Å²) >= 11 is 0. The summed E-state index contributed by atoms with van der Waals surface area (Å²) in [6.45, 7) is 11.7. The third-order valence-corrected chi connectivity index (χ3v) is 2.83. The highest BCUT2D eigenvalue weighted by molar-refractivity contribution is 5.78. The Kier molecular flexibility index (Phi) is 5.34. The maximum Gasteiger partial charge on any atom is 0.234 e. The molecule has 1 N–H and O–H groups in total. The molecule has 0 aliphatic heterocycles. The van der Waals surface area contributed by atoms with Crippen LogP contribution in [0.1, 0.15) is 37.8 Å². The maximum atomic E-state index is 11.7. The van der Waals surface area contributed by atoms with Gasteiger partial charge in [0.25, 0.3) is 0 Å². The summed E-state index contributed by atoms with van der Waals surface area (Å²) in [5.74, 6) is 0.883. The van der Waals surface area contributed by atoms with Crippen molar-refractivity contribution in [3.05, 3.63) is 17.0 Å². The molecule has 0 aliphatic rings. The number of carbonyl (C=O) groups is 1. The molecule has 0 aromatic carbocycles. The zero-order valence-corrected chi connectivity index (χ0v) is 11.9. The molecule has 1 rings (SSSR count). The first-order valence-corrected chi connectivity index (χ1v) is 6.37. The van der Waals surface area contributed by atoms with Crippen LogP contribution in [0.2, 0.25) is 0 Å². The van der Waals surface area contributed by atoms with Crippen molar-refractivity contribution in [1.82, 2.24) is 15.4 Å². The first kappa shape index (κ1) is 14.7. The van der Waals surface area contributed by atoms with Gasteiger partial charge in [0, 0.05) is 18.2 Å². The van der Waals surface area contributed by atoms with Crippen LogP contribution in [-0.4, -0.2) is 35.1 Å². The molecule has 0 aliphatic carbocycles. The van der Waals surface area contributed by atoms with Crippen molar-refractivity contribution in [1.29, 1.82) is 0 Å². The topological polar surface area (TPSA) is 58.4 Å². The fourth-order valence-electron chi connectivity index (χ4n) is 1.80. The number of likely N-dealkylation sites (N-methyl/N-ethyl adjacent to an activating group) is 1. The monoisotopic (exact) mass is 253 g/mol. The summed E-state index contributed by atoms with van der Waals surface area (Å²) in [5, 5.41) is 6.83. The van der Waals surface area contributed by atoms with Crippen LogP contribution in [0.3, 0.4) is 0 Å². The lowest BCUT2D eigenvalue weighted by atomic mass is 10.2. The van der Waals surface area contributed by atoms with E-state index in [2.05, 4.69) is 15.4 Å². The van der Waals surface area contributed by atoms with Gasteiger partial charge in [-0.25, -0.2) is 0 Å². The van der Waals surface area contributed by atoms with Gasteiger partial charge in [-0.3, -0.25) is 9.69 Å². The molecule has 5 heteroatoms. The van der Waals surface area contributed by atoms with Crippen LogP contribution >= 0.6 is 0 Å². The van der Waals surface area contributed by atoms with Crippen molar-refractivity contribution in [2.75, 3.05) is 13.1 Å². The van der Waals surface area contributed by atoms with Gasteiger partial charge < -0.3 is 9.84 Å². The number of nitrogens with zero attached hydrogens (tertiary/aromatic N) is 2. The van der Waals surface area contributed by atoms with Crippen molar-refractivity contribution >= 4 is 5.91 Å². The summed E-state index contributed by atoms with van der Waals surface area (Å²) < 4.78 is 5.13. The minimum Gasteiger partial charge on any atom is -0.361 e. The van der Waals surface area contributed by atoms with E-state index in [0.29, 0.717) is 13.1 Å². The number of nitrogens with one attached hydrogen (secondary N) is 1. The highest BCUT2D eigenvalue weighted by atomic mass is 16.5. The number of carbonyl (C=O) groups excluding carboxylic acids is 1. The molecule has 0 bridgehead atoms. The van der Waals surface area contributed by atoms with E-state index in [0.717, 1.165) is 23.6 Å². The Morgan fingerprint density at radius 2 is 2.11 bits per heavy atom. The van der Waals surface area contributed by atoms with Gasteiger partial charge >= 0.3 is 0 Å². The van der Waals surface area contributed by atoms with E-state index in [-0.39, 0.29) is 11.9 Å². The van der Waals surface area contributed by atoms with Gasteiger partial charge in [0.05, 0.1) is 12.2 Å². The third kappa shape index (κ3) is 4.14. The van der Waals surface area contributed by atoms with E-state index < -0.39 is 0 Å². The molecule has 1 aromatic heterocycles. The largest absolute Gasteiger partial charge is 0.361 e. The van der Waals surface area contributed by atoms with Gasteiger partial charge in [0.1, 0.15) is 5.76 Å². The van der Waals surface area contributed by atoms with E-state index in [9.17, 15) is 4.79 Å². The number of hydrogen-bond donors (Lipinski definition) is 1. The first-order chi connectivity index (χ1) is 8.43. The van der Waals surface area contributed by atoms with Crippen LogP contribution in [0.5, 0.6) is 0 Å². The lowest BCUT2D eigenvalue weighted by Crippen LogP contribution is -2.39. The van der Waals surface area contributed by atoms with Crippen LogP contribution < -0.4 is 5.32 Å². The Hall–Kier alpha value is -1.36. The number of rotatable bonds is 6. The summed E-state index contributed by atoms with van der Waals surface area (Å²) in [7, 11) is 0. The highest BCUT2D eigenvalue weighted by Crippen LogP contribution is 2.14. The van der Waals surface area contributed by atoms with Gasteiger partial charge in [-0.05, 0) is 34.2 Å². The van der Waals surface area contributed by atoms with Gasteiger partial charge in [-0.1, -0.05) is 12.1 Å². The summed E-state index contributed by atoms with van der Waals surface area (Å²) in [6.07, 6.45) is 0. The van der Waals surface area contributed by atoms with E-state index >= 15 is 0 Å². The summed E-state index contributed by atoms with van der Waals surface area (Å²) in [4.78, 5) is 13.8. The fourth-order valence-corrected chi connectivity index (χ4v) is 1.80. The van der Waals surface area contributed by atoms with Crippen molar-refractivity contribution in [3.8, 4) is 0 Å². The van der Waals surface area contributed by atoms with Gasteiger partial charge in [-0.15, -0.1) is 0 Å². The smallest absolute Gasteiger partial charge is 0.234 e. The normalized spacial score (nSPS) is 11.3. The minimum absolute atomic E-state index is 0.0543. The number of aromatic nitrogens is 1. The number of amides is 1. The Labute approximate surface area is 109 Å². The highest BCUT2D eigenvalue weighted by Gasteiger charge is 2.15. The maximum absolute atomic E-state index is 11.7. The van der Waals surface area contributed by atoms with Gasteiger partial charge in [0.15, 0.2) is 0 Å².